The predicted molar refractivity (Wildman–Crippen MR) is 557 cm³/mol. The van der Waals surface area contributed by atoms with Crippen LogP contribution in [0.5, 0.6) is 0 Å². The van der Waals surface area contributed by atoms with Crippen molar-refractivity contribution in [2.45, 2.75) is 123 Å². The van der Waals surface area contributed by atoms with Gasteiger partial charge in [-0.2, -0.15) is 5.10 Å². The molecule has 0 radical (unpaired) electrons. The molecule has 16 aromatic rings. The second-order valence-corrected chi connectivity index (χ2v) is 36.9. The highest BCUT2D eigenvalue weighted by Gasteiger charge is 2.51. The molecule has 5 unspecified atom stereocenters. The lowest BCUT2D eigenvalue weighted by Gasteiger charge is -2.21. The normalized spacial score (nSPS) is 12.5. The number of halogens is 1. The maximum absolute atomic E-state index is 12.9. The van der Waals surface area contributed by atoms with Gasteiger partial charge in [-0.15, -0.1) is 22.7 Å². The summed E-state index contributed by atoms with van der Waals surface area (Å²) in [4.78, 5) is 151. The Hall–Kier alpha value is -17.0. The van der Waals surface area contributed by atoms with Crippen LogP contribution in [0.1, 0.15) is 266 Å². The van der Waals surface area contributed by atoms with Gasteiger partial charge >= 0.3 is 0 Å². The van der Waals surface area contributed by atoms with Crippen molar-refractivity contribution in [3.63, 3.8) is 0 Å². The molecule has 6 heterocycles. The summed E-state index contributed by atoms with van der Waals surface area (Å²) in [5.41, 5.74) is 26.3. The summed E-state index contributed by atoms with van der Waals surface area (Å²) in [5.74, 6) is -3.52. The van der Waals surface area contributed by atoms with E-state index < -0.39 is 40.9 Å². The van der Waals surface area contributed by atoms with E-state index in [0.717, 1.165) is 106 Å². The average molecular weight is 2060 g/mol. The zero-order valence-electron chi connectivity index (χ0n) is 81.8. The van der Waals surface area contributed by atoms with Crippen molar-refractivity contribution in [2.75, 3.05) is 0 Å². The van der Waals surface area contributed by atoms with Gasteiger partial charge in [0.05, 0.1) is 80.2 Å². The van der Waals surface area contributed by atoms with E-state index in [1.807, 2.05) is 202 Å². The van der Waals surface area contributed by atoms with E-state index in [-0.39, 0.29) is 71.4 Å². The van der Waals surface area contributed by atoms with E-state index in [0.29, 0.717) is 72.9 Å². The second kappa shape index (κ2) is 51.5. The molecule has 762 valence electrons. The van der Waals surface area contributed by atoms with Crippen molar-refractivity contribution in [1.29, 1.82) is 0 Å². The van der Waals surface area contributed by atoms with Crippen LogP contribution in [0.4, 0.5) is 0 Å². The Balaban J connectivity index is 0.000000158. The summed E-state index contributed by atoms with van der Waals surface area (Å²) in [6, 6.07) is 81.2. The largest absolute Gasteiger partial charge is 0.454 e. The lowest BCUT2D eigenvalue weighted by atomic mass is 9.94. The van der Waals surface area contributed by atoms with Gasteiger partial charge in [0.15, 0.2) is 11.4 Å². The topological polar surface area (TPSA) is 523 Å². The van der Waals surface area contributed by atoms with Gasteiger partial charge in [0.2, 0.25) is 5.91 Å². The lowest BCUT2D eigenvalue weighted by Crippen LogP contribution is -2.36. The molecule has 1 aliphatic carbocycles. The van der Waals surface area contributed by atoms with Crippen LogP contribution in [0.15, 0.2) is 301 Å². The van der Waals surface area contributed by atoms with Crippen molar-refractivity contribution in [3.05, 3.63) is 418 Å². The van der Waals surface area contributed by atoms with Crippen LogP contribution >= 0.6 is 34.3 Å². The van der Waals surface area contributed by atoms with Crippen LogP contribution in [-0.4, -0.2) is 126 Å². The Bertz CT molecular complexity index is 7380. The Morgan fingerprint density at radius 1 is 0.439 bits per heavy atom. The Morgan fingerprint density at radius 3 is 1.33 bits per heavy atom. The maximum atomic E-state index is 12.9. The first-order valence-electron chi connectivity index (χ1n) is 46.4. The third-order valence-electron chi connectivity index (χ3n) is 24.5. The summed E-state index contributed by atoms with van der Waals surface area (Å²) in [6.07, 6.45) is 3.58. The van der Waals surface area contributed by atoms with Gasteiger partial charge < -0.3 is 40.6 Å². The molecule has 6 atom stereocenters. The smallest absolute Gasteiger partial charge is 0.274 e. The molecular weight excluding hydrogens is 1950 g/mol. The highest BCUT2D eigenvalue weighted by Crippen LogP contribution is 2.49. The van der Waals surface area contributed by atoms with Crippen molar-refractivity contribution < 1.29 is 93.2 Å². The molecule has 0 bridgehead atoms. The minimum atomic E-state index is -0.604. The van der Waals surface area contributed by atoms with E-state index in [4.69, 9.17) is 47.3 Å². The molecule has 0 saturated heterocycles. The van der Waals surface area contributed by atoms with Crippen molar-refractivity contribution in [3.8, 4) is 17.0 Å². The molecule has 1 aliphatic rings. The number of furan rings is 1. The number of hydroxylamine groups is 6. The first-order chi connectivity index (χ1) is 71.1. The molecule has 10 aromatic carbocycles. The molecular formula is C110H109ClN16O19S2. The summed E-state index contributed by atoms with van der Waals surface area (Å²) < 4.78 is 10.6. The number of aromatic amines is 1. The third-order valence-corrected chi connectivity index (χ3v) is 26.5. The molecule has 0 aliphatic heterocycles. The lowest BCUT2D eigenvalue weighted by molar-refractivity contribution is -0.124. The number of thiazole rings is 1. The molecule has 6 aromatic heterocycles. The fraction of sp³-hybridized carbons (Fsp3) is 0.182. The predicted octanol–water partition coefficient (Wildman–Crippen LogP) is 18.6. The van der Waals surface area contributed by atoms with Crippen LogP contribution in [-0.2, 0) is 17.3 Å². The zero-order valence-corrected chi connectivity index (χ0v) is 84.2. The van der Waals surface area contributed by atoms with Crippen LogP contribution in [0, 0.1) is 20.8 Å². The van der Waals surface area contributed by atoms with Gasteiger partial charge in [-0.05, 0) is 234 Å². The number of nitrogens with zero attached hydrogens (tertiary/aromatic N) is 4. The summed E-state index contributed by atoms with van der Waals surface area (Å²) in [6.45, 7) is 16.8. The number of rotatable bonds is 28. The van der Waals surface area contributed by atoms with Crippen molar-refractivity contribution in [1.82, 2.24) is 83.8 Å². The van der Waals surface area contributed by atoms with Gasteiger partial charge in [-0.25, -0.2) is 42.5 Å². The SMILES string of the molecule is CC(NC(=O)C1(c2ccc(Cl)cc2)CC1)c1cccc(C(=O)NO)c1.CC(NC(=O)c1cc2oc(-c3ccccc3)cc2n1C)c1cccc(C(=O)NO)c1.CC(NC(=O)c1cscn1)c1cccc(C(=O)NO)c1.C[C@@H](CC(=O)c1cc2ccccc2s1)c1ccc(C(=O)NO)cc1.Cc1c(C(=O)NC(C)c2ccc(C(=O)NO)cc2)cnn1-c1ccccc1.Cc1cc(C(=O)NC(C)c2cccc(C(=O)NO)c2)c(C)[nH]1. The standard InChI is InChI=1S/C23H21N3O4.C20H20N4O3.C19H19ClN2O3.C19H17NO3S.C16H19N3O3.C13H13N3O3S/c1-14(16-9-6-10-17(11-16)22(27)25-29)24-23(28)19-13-21-18(26(19)2)12-20(30-21)15-7-4-3-5-8-15;1-13(15-8-10-16(11-9-15)19(25)23-27)22-20(26)18-12-21-24(14(18)2)17-6-4-3-5-7-17;1-12(13-3-2-4-14(11-13)17(23)22-25)21-18(24)19(9-10-19)15-5-7-16(20)8-6-15;1-12(13-6-8-14(9-7-13)19(22)20-23)10-16(21)18-11-15-4-2-3-5-17(15)24-18;1-9-7-14(11(3)17-9)16(21)18-10(2)12-5-4-6-13(8-12)15(20)19-22;1-8(15-13(18)11-6-20-7-14-11)9-3-2-4-10(5-9)12(17)16-19/h3-14,29H,1-2H3,(H,24,28)(H,25,27);3-13,27H,1-2H3,(H,22,26)(H,23,25);2-8,11-12,25H,9-10H2,1H3,(H,21,24)(H,22,23);2-9,11-12,23H,10H2,1H3,(H,20,22);4-8,10,17,22H,1-3H3,(H,18,21)(H,19,20);2-8,19H,1H3,(H,15,18)(H,16,17)/t;;;12-;;/m...0../s1. The minimum Gasteiger partial charge on any atom is -0.454 e. The van der Waals surface area contributed by atoms with Gasteiger partial charge in [-0.3, -0.25) is 88.8 Å². The van der Waals surface area contributed by atoms with E-state index >= 15 is 0 Å². The number of hydrogen-bond acceptors (Lipinski definition) is 23. The Morgan fingerprint density at radius 2 is 0.878 bits per heavy atom. The van der Waals surface area contributed by atoms with Crippen LogP contribution in [0.2, 0.25) is 5.02 Å². The Kier molecular flexibility index (Phi) is 38.2. The highest BCUT2D eigenvalue weighted by molar-refractivity contribution is 7.20. The van der Waals surface area contributed by atoms with E-state index in [9.17, 15) is 57.5 Å². The summed E-state index contributed by atoms with van der Waals surface area (Å²) in [7, 11) is 1.82. The van der Waals surface area contributed by atoms with E-state index in [1.165, 1.54) is 22.7 Å². The van der Waals surface area contributed by atoms with Crippen LogP contribution in [0.25, 0.3) is 38.2 Å². The molecule has 148 heavy (non-hydrogen) atoms. The molecule has 17 rings (SSSR count). The number of ketones is 1. The minimum absolute atomic E-state index is 0.0284. The van der Waals surface area contributed by atoms with Crippen molar-refractivity contribution in [2.24, 2.45) is 7.05 Å². The Labute approximate surface area is 863 Å². The number of Topliss-reactive ketones (excluding diaryl/α,β-unsaturated/α-hetero) is 1. The van der Waals surface area contributed by atoms with Gasteiger partial charge in [0, 0.05) is 91.0 Å². The number of hydrogen-bond donors (Lipinski definition) is 18. The first kappa shape index (κ1) is 110. The number of carbonyl (C=O) groups is 12. The number of carbonyl (C=O) groups excluding carboxylic acids is 12. The molecule has 1 fully saturated rings. The maximum Gasteiger partial charge on any atom is 0.274 e. The number of amides is 11. The monoisotopic (exact) mass is 2060 g/mol. The third kappa shape index (κ3) is 28.4. The van der Waals surface area contributed by atoms with Crippen LogP contribution in [0.3, 0.4) is 0 Å². The molecule has 11 amide bonds. The molecule has 35 nitrogen and oxygen atoms in total. The molecule has 0 spiro atoms. The van der Waals surface area contributed by atoms with Gasteiger partial charge in [-0.1, -0.05) is 170 Å². The number of benzene rings is 10. The van der Waals surface area contributed by atoms with E-state index in [1.54, 1.807) is 206 Å². The first-order valence-corrected chi connectivity index (χ1v) is 48.6. The fourth-order valence-electron chi connectivity index (χ4n) is 15.9. The number of nitrogens with one attached hydrogen (secondary N) is 12. The fourth-order valence-corrected chi connectivity index (χ4v) is 17.6. The number of para-hydroxylation sites is 1. The average Bonchev–Trinajstić information content (AvgIpc) is 1.54. The molecule has 18 N–H and O–H groups in total. The second-order valence-electron chi connectivity index (χ2n) is 34.7. The number of aryl methyl sites for hydroxylation is 3. The number of aromatic nitrogens is 5. The van der Waals surface area contributed by atoms with Crippen molar-refractivity contribution >= 4 is 126 Å². The van der Waals surface area contributed by atoms with E-state index in [2.05, 4.69) is 41.7 Å². The number of fused-ring (bicyclic) bond motifs is 2. The summed E-state index contributed by atoms with van der Waals surface area (Å²) >= 11 is 8.80. The quantitative estimate of drug-likeness (QED) is 0.0123. The number of H-pyrrole nitrogens is 1. The van der Waals surface area contributed by atoms with Crippen LogP contribution < -0.4 is 59.5 Å². The number of thiophene rings is 1. The molecule has 1 saturated carbocycles. The highest BCUT2D eigenvalue weighted by atomic mass is 35.5. The molecule has 38 heteroatoms. The van der Waals surface area contributed by atoms with Gasteiger partial charge in [0.1, 0.15) is 17.1 Å². The summed E-state index contributed by atoms with van der Waals surface area (Å²) in [5, 5.41) is 74.4. The van der Waals surface area contributed by atoms with Gasteiger partial charge in [0.25, 0.3) is 59.1 Å². The zero-order chi connectivity index (χ0) is 107.